The molecule has 2 unspecified atom stereocenters. The van der Waals surface area contributed by atoms with Gasteiger partial charge in [0.25, 0.3) is 0 Å². The highest BCUT2D eigenvalue weighted by atomic mass is 16.7. The Balaban J connectivity index is 1.08. The maximum absolute atomic E-state index is 10.3. The van der Waals surface area contributed by atoms with Crippen molar-refractivity contribution < 1.29 is 14.6 Å². The number of phenols is 1. The Morgan fingerprint density at radius 2 is 1.74 bits per heavy atom. The number of phenolic OH excluding ortho intramolecular Hbond substituents is 1. The molecule has 3 fully saturated rings. The third kappa shape index (κ3) is 4.04. The van der Waals surface area contributed by atoms with Gasteiger partial charge in [-0.1, -0.05) is 18.2 Å². The number of para-hydroxylation sites is 1. The topological polar surface area (TPSA) is 123 Å². The van der Waals surface area contributed by atoms with E-state index >= 15 is 0 Å². The van der Waals surface area contributed by atoms with Crippen LogP contribution in [-0.2, 0) is 9.47 Å². The van der Waals surface area contributed by atoms with Crippen LogP contribution in [0.5, 0.6) is 5.75 Å². The van der Waals surface area contributed by atoms with Gasteiger partial charge in [0.1, 0.15) is 5.75 Å². The molecule has 10 nitrogen and oxygen atoms in total. The van der Waals surface area contributed by atoms with Crippen molar-refractivity contribution in [2.24, 2.45) is 0 Å². The molecule has 1 aliphatic carbocycles. The largest absolute Gasteiger partial charge is 0.507 e. The summed E-state index contributed by atoms with van der Waals surface area (Å²) in [6, 6.07) is 9.64. The summed E-state index contributed by atoms with van der Waals surface area (Å²) in [6.45, 7) is 2.95. The lowest BCUT2D eigenvalue weighted by molar-refractivity contribution is -0.159. The molecule has 1 aromatic carbocycles. The molecule has 38 heavy (non-hydrogen) atoms. The summed E-state index contributed by atoms with van der Waals surface area (Å²) < 4.78 is 11.7. The van der Waals surface area contributed by atoms with Gasteiger partial charge in [-0.2, -0.15) is 0 Å². The van der Waals surface area contributed by atoms with Crippen LogP contribution in [0.4, 0.5) is 17.5 Å². The number of ether oxygens (including phenoxy) is 2. The van der Waals surface area contributed by atoms with E-state index in [1.54, 1.807) is 12.1 Å². The zero-order valence-electron chi connectivity index (χ0n) is 21.2. The second-order valence-electron chi connectivity index (χ2n) is 10.5. The van der Waals surface area contributed by atoms with Crippen LogP contribution >= 0.6 is 0 Å². The number of benzene rings is 1. The first-order valence-electron chi connectivity index (χ1n) is 13.3. The molecule has 10 heteroatoms. The first kappa shape index (κ1) is 23.4. The van der Waals surface area contributed by atoms with Crippen molar-refractivity contribution in [2.75, 3.05) is 41.8 Å². The molecule has 0 saturated carbocycles. The maximum Gasteiger partial charge on any atom is 0.225 e. The highest BCUT2D eigenvalue weighted by Gasteiger charge is 2.42. The molecule has 7 rings (SSSR count). The Morgan fingerprint density at radius 3 is 2.42 bits per heavy atom. The van der Waals surface area contributed by atoms with Gasteiger partial charge in [0.15, 0.2) is 11.6 Å². The summed E-state index contributed by atoms with van der Waals surface area (Å²) in [5.74, 6) is 0.936. The van der Waals surface area contributed by atoms with E-state index in [1.807, 2.05) is 30.6 Å². The minimum Gasteiger partial charge on any atom is -0.507 e. The van der Waals surface area contributed by atoms with E-state index in [0.29, 0.717) is 30.3 Å². The van der Waals surface area contributed by atoms with E-state index < -0.39 is 5.79 Å². The summed E-state index contributed by atoms with van der Waals surface area (Å²) in [6.07, 6.45) is 10.8. The van der Waals surface area contributed by atoms with Gasteiger partial charge in [-0.05, 0) is 43.0 Å². The van der Waals surface area contributed by atoms with Crippen LogP contribution in [0.25, 0.3) is 16.8 Å². The van der Waals surface area contributed by atoms with Crippen molar-refractivity contribution >= 4 is 23.0 Å². The van der Waals surface area contributed by atoms with Crippen LogP contribution in [0.1, 0.15) is 37.7 Å². The summed E-state index contributed by atoms with van der Waals surface area (Å²) in [5.41, 5.74) is 10.7. The summed E-state index contributed by atoms with van der Waals surface area (Å²) in [7, 11) is 0. The van der Waals surface area contributed by atoms with Crippen LogP contribution in [0.2, 0.25) is 0 Å². The zero-order chi connectivity index (χ0) is 25.7. The molecule has 5 heterocycles. The summed E-state index contributed by atoms with van der Waals surface area (Å²) >= 11 is 0. The molecular weight excluding hydrogens is 482 g/mol. The van der Waals surface area contributed by atoms with E-state index in [-0.39, 0.29) is 17.8 Å². The average molecular weight is 514 g/mol. The van der Waals surface area contributed by atoms with Gasteiger partial charge in [0.05, 0.1) is 24.6 Å². The molecule has 1 spiro atoms. The Labute approximate surface area is 221 Å². The van der Waals surface area contributed by atoms with Crippen molar-refractivity contribution in [3.63, 3.8) is 0 Å². The highest BCUT2D eigenvalue weighted by molar-refractivity contribution is 5.74. The molecule has 2 atom stereocenters. The number of anilines is 3. The number of nitrogens with zero attached hydrogens (tertiary/aromatic N) is 6. The number of rotatable bonds is 4. The van der Waals surface area contributed by atoms with E-state index in [0.717, 1.165) is 62.4 Å². The number of piperazine rings is 1. The molecule has 0 amide bonds. The number of fused-ring (bicyclic) bond motifs is 2. The smallest absolute Gasteiger partial charge is 0.225 e. The molecular formula is C28H31N7O3. The highest BCUT2D eigenvalue weighted by Crippen LogP contribution is 2.40. The first-order chi connectivity index (χ1) is 18.6. The van der Waals surface area contributed by atoms with Gasteiger partial charge in [-0.3, -0.25) is 0 Å². The van der Waals surface area contributed by atoms with Gasteiger partial charge in [0, 0.05) is 61.5 Å². The van der Waals surface area contributed by atoms with Crippen molar-refractivity contribution in [1.29, 1.82) is 0 Å². The monoisotopic (exact) mass is 513 g/mol. The zero-order valence-corrected chi connectivity index (χ0v) is 21.2. The molecule has 3 N–H and O–H groups in total. The third-order valence-corrected chi connectivity index (χ3v) is 8.29. The third-order valence-electron chi connectivity index (χ3n) is 8.29. The van der Waals surface area contributed by atoms with Crippen LogP contribution in [0.3, 0.4) is 0 Å². The number of hydrogen-bond acceptors (Lipinski definition) is 10. The molecule has 4 aliphatic rings. The summed E-state index contributed by atoms with van der Waals surface area (Å²) in [5, 5.41) is 18.7. The SMILES string of the molecule is Nc1nnc(-c2ccccc2O)cc1N1CC2CCC(C1)N2c1ncc(C2=CCC3(CC2)OCCO3)cn1. The Hall–Kier alpha value is -3.76. The lowest BCUT2D eigenvalue weighted by Crippen LogP contribution is -2.54. The second kappa shape index (κ2) is 9.21. The molecule has 3 saturated heterocycles. The number of allylic oxidation sites excluding steroid dienone is 1. The lowest BCUT2D eigenvalue weighted by Gasteiger charge is -2.42. The van der Waals surface area contributed by atoms with Gasteiger partial charge < -0.3 is 30.1 Å². The summed E-state index contributed by atoms with van der Waals surface area (Å²) in [4.78, 5) is 14.3. The Morgan fingerprint density at radius 1 is 1.00 bits per heavy atom. The van der Waals surface area contributed by atoms with Crippen molar-refractivity contribution in [3.8, 4) is 17.0 Å². The van der Waals surface area contributed by atoms with Crippen molar-refractivity contribution in [3.05, 3.63) is 54.4 Å². The van der Waals surface area contributed by atoms with E-state index in [9.17, 15) is 5.11 Å². The molecule has 0 radical (unpaired) electrons. The molecule has 196 valence electrons. The van der Waals surface area contributed by atoms with E-state index in [1.165, 1.54) is 5.57 Å². The van der Waals surface area contributed by atoms with E-state index in [4.69, 9.17) is 25.2 Å². The predicted molar refractivity (Wildman–Crippen MR) is 144 cm³/mol. The van der Waals surface area contributed by atoms with E-state index in [2.05, 4.69) is 26.1 Å². The van der Waals surface area contributed by atoms with Crippen LogP contribution in [-0.4, -0.2) is 69.4 Å². The fourth-order valence-electron chi connectivity index (χ4n) is 6.34. The Bertz CT molecular complexity index is 1360. The lowest BCUT2D eigenvalue weighted by atomic mass is 9.91. The van der Waals surface area contributed by atoms with Crippen LogP contribution < -0.4 is 15.5 Å². The van der Waals surface area contributed by atoms with Crippen molar-refractivity contribution in [2.45, 2.75) is 50.0 Å². The first-order valence-corrected chi connectivity index (χ1v) is 13.3. The maximum atomic E-state index is 10.3. The number of nitrogens with two attached hydrogens (primary N) is 1. The van der Waals surface area contributed by atoms with Crippen LogP contribution in [0, 0.1) is 0 Å². The predicted octanol–water partition coefficient (Wildman–Crippen LogP) is 3.39. The molecule has 2 aromatic heterocycles. The number of hydrogen-bond donors (Lipinski definition) is 2. The number of nitrogen functional groups attached to an aromatic ring is 1. The number of aromatic hydroxyl groups is 1. The molecule has 3 aromatic rings. The molecule has 2 bridgehead atoms. The van der Waals surface area contributed by atoms with Gasteiger partial charge in [-0.25, -0.2) is 9.97 Å². The standard InChI is InChI=1S/C28H31N7O3/c29-26-24(13-23(32-33-26)22-3-1-2-4-25(22)36)34-16-20-5-6-21(17-34)35(20)27-30-14-19(15-31-27)18-7-9-28(10-8-18)37-11-12-38-28/h1-4,7,13-15,20-21,36H,5-6,8-12,16-17H2,(H2,29,33). The van der Waals surface area contributed by atoms with Crippen molar-refractivity contribution in [1.82, 2.24) is 20.2 Å². The normalized spacial score (nSPS) is 24.2. The molecule has 3 aliphatic heterocycles. The second-order valence-corrected chi connectivity index (χ2v) is 10.5. The minimum absolute atomic E-state index is 0.173. The van der Waals surface area contributed by atoms with Crippen LogP contribution in [0.15, 0.2) is 48.8 Å². The van der Waals surface area contributed by atoms with Gasteiger partial charge in [0.2, 0.25) is 5.95 Å². The van der Waals surface area contributed by atoms with Gasteiger partial charge >= 0.3 is 0 Å². The minimum atomic E-state index is -0.418. The fraction of sp³-hybridized carbons (Fsp3) is 0.429. The fourth-order valence-corrected chi connectivity index (χ4v) is 6.34. The Kier molecular flexibility index (Phi) is 5.66. The van der Waals surface area contributed by atoms with Gasteiger partial charge in [-0.15, -0.1) is 10.2 Å². The quantitative estimate of drug-likeness (QED) is 0.537. The number of aromatic nitrogens is 4. The average Bonchev–Trinajstić information content (AvgIpc) is 3.51.